The van der Waals surface area contributed by atoms with Crippen molar-refractivity contribution in [3.8, 4) is 17.2 Å². The van der Waals surface area contributed by atoms with Crippen LogP contribution >= 0.6 is 0 Å². The van der Waals surface area contributed by atoms with E-state index in [2.05, 4.69) is 10.4 Å². The number of methoxy groups -OCH3 is 2. The van der Waals surface area contributed by atoms with Crippen molar-refractivity contribution < 1.29 is 19.0 Å². The van der Waals surface area contributed by atoms with Gasteiger partial charge in [-0.25, -0.2) is 4.68 Å². The Morgan fingerprint density at radius 3 is 2.50 bits per heavy atom. The van der Waals surface area contributed by atoms with E-state index < -0.39 is 0 Å². The molecule has 0 fully saturated rings. The van der Waals surface area contributed by atoms with E-state index in [4.69, 9.17) is 14.2 Å². The van der Waals surface area contributed by atoms with E-state index >= 15 is 0 Å². The lowest BCUT2D eigenvalue weighted by Gasteiger charge is -2.17. The van der Waals surface area contributed by atoms with Crippen LogP contribution in [0.3, 0.4) is 0 Å². The van der Waals surface area contributed by atoms with Gasteiger partial charge in [-0.05, 0) is 50.1 Å². The highest BCUT2D eigenvalue weighted by Gasteiger charge is 2.20. The summed E-state index contributed by atoms with van der Waals surface area (Å²) in [6, 6.07) is 13.5. The van der Waals surface area contributed by atoms with Crippen LogP contribution in [-0.4, -0.2) is 43.1 Å². The van der Waals surface area contributed by atoms with E-state index in [0.717, 1.165) is 16.9 Å². The quantitative estimate of drug-likeness (QED) is 0.480. The van der Waals surface area contributed by atoms with Gasteiger partial charge in [0.25, 0.3) is 5.91 Å². The summed E-state index contributed by atoms with van der Waals surface area (Å²) in [5.74, 6) is 1.09. The molecule has 1 unspecified atom stereocenters. The van der Waals surface area contributed by atoms with E-state index in [9.17, 15) is 4.79 Å². The number of carbonyl (C=O) groups excluding carboxylic acids is 1. The molecule has 1 aromatic heterocycles. The van der Waals surface area contributed by atoms with E-state index in [1.165, 1.54) is 5.56 Å². The molecule has 1 amide bonds. The first kappa shape index (κ1) is 23.3. The van der Waals surface area contributed by atoms with Crippen LogP contribution < -0.4 is 14.8 Å². The monoisotopic (exact) mass is 437 g/mol. The predicted molar refractivity (Wildman–Crippen MR) is 124 cm³/mol. The zero-order valence-electron chi connectivity index (χ0n) is 19.3. The number of nitrogens with one attached hydrogen (secondary N) is 1. The second-order valence-electron chi connectivity index (χ2n) is 7.55. The van der Waals surface area contributed by atoms with Crippen LogP contribution in [0.5, 0.6) is 11.5 Å². The number of nitrogens with zero attached hydrogens (tertiary/aromatic N) is 2. The van der Waals surface area contributed by atoms with Crippen LogP contribution in [0.4, 0.5) is 0 Å². The first-order valence-corrected chi connectivity index (χ1v) is 10.7. The third-order valence-corrected chi connectivity index (χ3v) is 5.31. The molecule has 0 spiro atoms. The normalized spacial score (nSPS) is 11.8. The Kier molecular flexibility index (Phi) is 7.89. The summed E-state index contributed by atoms with van der Waals surface area (Å²) in [6.45, 7) is 6.93. The lowest BCUT2D eigenvalue weighted by molar-refractivity contribution is 0.0939. The molecule has 0 bridgehead atoms. The molecular weight excluding hydrogens is 406 g/mol. The molecule has 32 heavy (non-hydrogen) atoms. The lowest BCUT2D eigenvalue weighted by Crippen LogP contribution is -2.27. The largest absolute Gasteiger partial charge is 0.493 e. The molecule has 0 aliphatic rings. The average molecular weight is 438 g/mol. The molecular formula is C25H31N3O4. The van der Waals surface area contributed by atoms with Gasteiger partial charge in [0.15, 0.2) is 11.5 Å². The summed E-state index contributed by atoms with van der Waals surface area (Å²) < 4.78 is 18.0. The highest BCUT2D eigenvalue weighted by atomic mass is 16.5. The van der Waals surface area contributed by atoms with Crippen molar-refractivity contribution >= 4 is 5.91 Å². The molecule has 1 N–H and O–H groups in total. The van der Waals surface area contributed by atoms with Gasteiger partial charge in [0.05, 0.1) is 42.9 Å². The van der Waals surface area contributed by atoms with Gasteiger partial charge in [0, 0.05) is 7.11 Å². The molecule has 0 saturated carbocycles. The van der Waals surface area contributed by atoms with Gasteiger partial charge >= 0.3 is 0 Å². The van der Waals surface area contributed by atoms with E-state index in [1.807, 2.05) is 67.9 Å². The third kappa shape index (κ3) is 5.29. The van der Waals surface area contributed by atoms with Crippen LogP contribution in [0, 0.1) is 6.92 Å². The molecule has 1 atom stereocenters. The Hall–Kier alpha value is -3.32. The van der Waals surface area contributed by atoms with Gasteiger partial charge < -0.3 is 19.5 Å². The summed E-state index contributed by atoms with van der Waals surface area (Å²) >= 11 is 0. The van der Waals surface area contributed by atoms with Crippen molar-refractivity contribution in [3.05, 3.63) is 71.0 Å². The maximum Gasteiger partial charge on any atom is 0.255 e. The number of ether oxygens (including phenoxy) is 3. The summed E-state index contributed by atoms with van der Waals surface area (Å²) in [7, 11) is 3.22. The second kappa shape index (κ2) is 10.8. The number of benzene rings is 2. The highest BCUT2D eigenvalue weighted by Crippen LogP contribution is 2.30. The number of amides is 1. The van der Waals surface area contributed by atoms with Crippen molar-refractivity contribution in [3.63, 3.8) is 0 Å². The zero-order chi connectivity index (χ0) is 23.1. The van der Waals surface area contributed by atoms with E-state index in [1.54, 1.807) is 20.4 Å². The van der Waals surface area contributed by atoms with Crippen molar-refractivity contribution in [2.75, 3.05) is 27.4 Å². The summed E-state index contributed by atoms with van der Waals surface area (Å²) in [5.41, 5.74) is 4.48. The average Bonchev–Trinajstić information content (AvgIpc) is 3.24. The fourth-order valence-corrected chi connectivity index (χ4v) is 3.48. The zero-order valence-corrected chi connectivity index (χ0v) is 19.3. The SMILES string of the molecule is CCc1c(C(=O)NC(C)c2ccc(OCCOC)c(OC)c2)cnn1-c1ccc(C)cc1. The second-order valence-corrected chi connectivity index (χ2v) is 7.55. The summed E-state index contributed by atoms with van der Waals surface area (Å²) in [6.07, 6.45) is 2.32. The predicted octanol–water partition coefficient (Wildman–Crippen LogP) is 4.27. The Morgan fingerprint density at radius 2 is 1.84 bits per heavy atom. The van der Waals surface area contributed by atoms with Gasteiger partial charge in [-0.2, -0.15) is 5.10 Å². The number of hydrogen-bond acceptors (Lipinski definition) is 5. The Morgan fingerprint density at radius 1 is 1.09 bits per heavy atom. The van der Waals surface area contributed by atoms with Gasteiger partial charge in [0.1, 0.15) is 6.61 Å². The molecule has 0 aliphatic heterocycles. The van der Waals surface area contributed by atoms with Crippen molar-refractivity contribution in [1.29, 1.82) is 0 Å². The maximum atomic E-state index is 13.1. The molecule has 0 radical (unpaired) electrons. The lowest BCUT2D eigenvalue weighted by atomic mass is 10.1. The molecule has 3 aromatic rings. The van der Waals surface area contributed by atoms with Crippen LogP contribution in [-0.2, 0) is 11.2 Å². The molecule has 7 heteroatoms. The maximum absolute atomic E-state index is 13.1. The van der Waals surface area contributed by atoms with E-state index in [0.29, 0.717) is 36.7 Å². The number of carbonyl (C=O) groups is 1. The number of aryl methyl sites for hydroxylation is 1. The first-order valence-electron chi connectivity index (χ1n) is 10.7. The molecule has 7 nitrogen and oxygen atoms in total. The van der Waals surface area contributed by atoms with Gasteiger partial charge in [-0.1, -0.05) is 30.7 Å². The molecule has 170 valence electrons. The third-order valence-electron chi connectivity index (χ3n) is 5.31. The van der Waals surface area contributed by atoms with Crippen molar-refractivity contribution in [2.45, 2.75) is 33.2 Å². The molecule has 2 aromatic carbocycles. The standard InChI is InChI=1S/C25H31N3O4/c1-6-22-21(16-26-28(22)20-10-7-17(2)8-11-20)25(29)27-18(3)19-9-12-23(24(15-19)31-5)32-14-13-30-4/h7-12,15-16,18H,6,13-14H2,1-5H3,(H,27,29). The summed E-state index contributed by atoms with van der Waals surface area (Å²) in [5, 5.41) is 7.55. The van der Waals surface area contributed by atoms with Crippen molar-refractivity contribution in [2.24, 2.45) is 0 Å². The number of aromatic nitrogens is 2. The minimum absolute atomic E-state index is 0.160. The van der Waals surface area contributed by atoms with Crippen LogP contribution in [0.2, 0.25) is 0 Å². The van der Waals surface area contributed by atoms with Crippen molar-refractivity contribution in [1.82, 2.24) is 15.1 Å². The number of rotatable bonds is 10. The topological polar surface area (TPSA) is 74.6 Å². The van der Waals surface area contributed by atoms with E-state index in [-0.39, 0.29) is 11.9 Å². The van der Waals surface area contributed by atoms with Crippen LogP contribution in [0.25, 0.3) is 5.69 Å². The van der Waals surface area contributed by atoms with Crippen LogP contribution in [0.1, 0.15) is 47.1 Å². The minimum Gasteiger partial charge on any atom is -0.493 e. The van der Waals surface area contributed by atoms with Crippen LogP contribution in [0.15, 0.2) is 48.7 Å². The fraction of sp³-hybridized carbons (Fsp3) is 0.360. The van der Waals surface area contributed by atoms with Gasteiger partial charge in [0.2, 0.25) is 0 Å². The first-order chi connectivity index (χ1) is 15.5. The molecule has 3 rings (SSSR count). The number of hydrogen-bond donors (Lipinski definition) is 1. The van der Waals surface area contributed by atoms with Gasteiger partial charge in [-0.3, -0.25) is 4.79 Å². The minimum atomic E-state index is -0.225. The molecule has 1 heterocycles. The smallest absolute Gasteiger partial charge is 0.255 e. The summed E-state index contributed by atoms with van der Waals surface area (Å²) in [4.78, 5) is 13.1. The van der Waals surface area contributed by atoms with Gasteiger partial charge in [-0.15, -0.1) is 0 Å². The fourth-order valence-electron chi connectivity index (χ4n) is 3.48. The Balaban J connectivity index is 1.76. The Labute approximate surface area is 189 Å². The molecule has 0 saturated heterocycles. The highest BCUT2D eigenvalue weighted by molar-refractivity contribution is 5.95. The molecule has 0 aliphatic carbocycles. The Bertz CT molecular complexity index is 1040.